The monoisotopic (exact) mass is 307 g/mol. The van der Waals surface area contributed by atoms with Gasteiger partial charge < -0.3 is 10.3 Å². The van der Waals surface area contributed by atoms with Gasteiger partial charge in [-0.25, -0.2) is 4.98 Å². The first kappa shape index (κ1) is 15.8. The number of rotatable bonds is 5. The van der Waals surface area contributed by atoms with E-state index >= 15 is 0 Å². The van der Waals surface area contributed by atoms with Crippen LogP contribution in [0.3, 0.4) is 0 Å². The lowest BCUT2D eigenvalue weighted by Crippen LogP contribution is -2.16. The van der Waals surface area contributed by atoms with Crippen LogP contribution in [0.1, 0.15) is 41.9 Å². The molecule has 2 aromatic carbocycles. The standard InChI is InChI=1S/C20H25N3/c1-4-17(21)20-22-18-12-14(2)15(3)13-19(18)23(20)11-10-16-8-6-5-7-9-16/h5-9,12-13,17H,4,10-11,21H2,1-3H3. The summed E-state index contributed by atoms with van der Waals surface area (Å²) in [5.41, 5.74) is 12.5. The van der Waals surface area contributed by atoms with Crippen molar-refractivity contribution in [1.29, 1.82) is 0 Å². The topological polar surface area (TPSA) is 43.8 Å². The highest BCUT2D eigenvalue weighted by Gasteiger charge is 2.16. The molecule has 3 aromatic rings. The SMILES string of the molecule is CCC(N)c1nc2cc(C)c(C)cc2n1CCc1ccccc1. The van der Waals surface area contributed by atoms with Gasteiger partial charge in [0.1, 0.15) is 5.82 Å². The van der Waals surface area contributed by atoms with Crippen molar-refractivity contribution in [3.63, 3.8) is 0 Å². The first-order chi connectivity index (χ1) is 11.1. The molecule has 3 rings (SSSR count). The van der Waals surface area contributed by atoms with Crippen molar-refractivity contribution < 1.29 is 0 Å². The number of hydrogen-bond donors (Lipinski definition) is 1. The minimum Gasteiger partial charge on any atom is -0.326 e. The molecule has 0 spiro atoms. The van der Waals surface area contributed by atoms with E-state index in [9.17, 15) is 0 Å². The van der Waals surface area contributed by atoms with Crippen LogP contribution in [0.5, 0.6) is 0 Å². The zero-order valence-electron chi connectivity index (χ0n) is 14.2. The van der Waals surface area contributed by atoms with Crippen LogP contribution in [0, 0.1) is 13.8 Å². The number of benzene rings is 2. The third kappa shape index (κ3) is 3.15. The number of fused-ring (bicyclic) bond motifs is 1. The summed E-state index contributed by atoms with van der Waals surface area (Å²) in [5.74, 6) is 1.00. The number of aromatic nitrogens is 2. The summed E-state index contributed by atoms with van der Waals surface area (Å²) in [7, 11) is 0. The molecule has 0 saturated carbocycles. The molecule has 1 atom stereocenters. The van der Waals surface area contributed by atoms with Gasteiger partial charge in [-0.2, -0.15) is 0 Å². The third-order valence-corrected chi connectivity index (χ3v) is 4.63. The third-order valence-electron chi connectivity index (χ3n) is 4.63. The van der Waals surface area contributed by atoms with Gasteiger partial charge >= 0.3 is 0 Å². The van der Waals surface area contributed by atoms with E-state index in [-0.39, 0.29) is 6.04 Å². The second-order valence-electron chi connectivity index (χ2n) is 6.30. The molecule has 23 heavy (non-hydrogen) atoms. The summed E-state index contributed by atoms with van der Waals surface area (Å²) >= 11 is 0. The molecule has 3 heteroatoms. The number of imidazole rings is 1. The lowest BCUT2D eigenvalue weighted by Gasteiger charge is -2.13. The zero-order valence-corrected chi connectivity index (χ0v) is 14.2. The summed E-state index contributed by atoms with van der Waals surface area (Å²) in [6.45, 7) is 7.31. The molecule has 120 valence electrons. The summed E-state index contributed by atoms with van der Waals surface area (Å²) < 4.78 is 2.31. The van der Waals surface area contributed by atoms with Crippen LogP contribution in [-0.2, 0) is 13.0 Å². The Bertz CT molecular complexity index is 803. The van der Waals surface area contributed by atoms with Crippen molar-refractivity contribution >= 4 is 11.0 Å². The van der Waals surface area contributed by atoms with E-state index in [1.54, 1.807) is 0 Å². The van der Waals surface area contributed by atoms with Gasteiger partial charge in [0.05, 0.1) is 17.1 Å². The largest absolute Gasteiger partial charge is 0.326 e. The molecular formula is C20H25N3. The zero-order chi connectivity index (χ0) is 16.4. The molecule has 1 heterocycles. The van der Waals surface area contributed by atoms with Crippen molar-refractivity contribution in [2.45, 2.75) is 46.2 Å². The first-order valence-electron chi connectivity index (χ1n) is 8.37. The lowest BCUT2D eigenvalue weighted by molar-refractivity contribution is 0.581. The summed E-state index contributed by atoms with van der Waals surface area (Å²) in [6.07, 6.45) is 1.88. The van der Waals surface area contributed by atoms with Crippen LogP contribution in [-0.4, -0.2) is 9.55 Å². The average Bonchev–Trinajstić information content (AvgIpc) is 2.91. The lowest BCUT2D eigenvalue weighted by atomic mass is 10.1. The number of nitrogens with zero attached hydrogens (tertiary/aromatic N) is 2. The van der Waals surface area contributed by atoms with Gasteiger partial charge in [0.15, 0.2) is 0 Å². The van der Waals surface area contributed by atoms with Crippen LogP contribution in [0.25, 0.3) is 11.0 Å². The van der Waals surface area contributed by atoms with E-state index < -0.39 is 0 Å². The highest BCUT2D eigenvalue weighted by molar-refractivity contribution is 5.78. The average molecular weight is 307 g/mol. The van der Waals surface area contributed by atoms with Gasteiger partial charge in [0.25, 0.3) is 0 Å². The van der Waals surface area contributed by atoms with E-state index in [1.165, 1.54) is 22.2 Å². The fraction of sp³-hybridized carbons (Fsp3) is 0.350. The number of nitrogens with two attached hydrogens (primary N) is 1. The van der Waals surface area contributed by atoms with Gasteiger partial charge in [-0.3, -0.25) is 0 Å². The molecule has 2 N–H and O–H groups in total. The molecule has 0 aliphatic rings. The maximum absolute atomic E-state index is 6.32. The maximum Gasteiger partial charge on any atom is 0.126 e. The van der Waals surface area contributed by atoms with Gasteiger partial charge in [0.2, 0.25) is 0 Å². The molecule has 0 bridgehead atoms. The predicted octanol–water partition coefficient (Wildman–Crippen LogP) is 4.31. The second kappa shape index (κ2) is 6.55. The Kier molecular flexibility index (Phi) is 4.49. The quantitative estimate of drug-likeness (QED) is 0.763. The number of aryl methyl sites for hydroxylation is 4. The fourth-order valence-corrected chi connectivity index (χ4v) is 2.98. The molecule has 0 fully saturated rings. The Morgan fingerprint density at radius 1 is 1.09 bits per heavy atom. The van der Waals surface area contributed by atoms with Crippen molar-refractivity contribution in [3.8, 4) is 0 Å². The minimum absolute atomic E-state index is 0.0150. The summed E-state index contributed by atoms with van der Waals surface area (Å²) in [4.78, 5) is 4.84. The van der Waals surface area contributed by atoms with Crippen molar-refractivity contribution in [2.75, 3.05) is 0 Å². The van der Waals surface area contributed by atoms with Crippen molar-refractivity contribution in [1.82, 2.24) is 9.55 Å². The van der Waals surface area contributed by atoms with E-state index in [4.69, 9.17) is 10.7 Å². The number of hydrogen-bond acceptors (Lipinski definition) is 2. The molecule has 1 aromatic heterocycles. The van der Waals surface area contributed by atoms with Gasteiger partial charge in [-0.05, 0) is 55.5 Å². The maximum atomic E-state index is 6.32. The van der Waals surface area contributed by atoms with Crippen molar-refractivity contribution in [2.24, 2.45) is 5.73 Å². The Morgan fingerprint density at radius 3 is 2.48 bits per heavy atom. The molecule has 3 nitrogen and oxygen atoms in total. The second-order valence-corrected chi connectivity index (χ2v) is 6.30. The van der Waals surface area contributed by atoms with Gasteiger partial charge in [-0.15, -0.1) is 0 Å². The van der Waals surface area contributed by atoms with E-state index in [0.29, 0.717) is 0 Å². The molecule has 0 saturated heterocycles. The summed E-state index contributed by atoms with van der Waals surface area (Å²) in [6, 6.07) is 15.0. The fourth-order valence-electron chi connectivity index (χ4n) is 2.98. The van der Waals surface area contributed by atoms with E-state index in [0.717, 1.165) is 30.7 Å². The Labute approximate surface area is 138 Å². The molecule has 0 aliphatic carbocycles. The smallest absolute Gasteiger partial charge is 0.126 e. The minimum atomic E-state index is -0.0150. The Balaban J connectivity index is 2.03. The van der Waals surface area contributed by atoms with E-state index in [1.807, 2.05) is 0 Å². The molecule has 0 amide bonds. The molecule has 1 unspecified atom stereocenters. The molecule has 0 aliphatic heterocycles. The van der Waals surface area contributed by atoms with Gasteiger partial charge in [-0.1, -0.05) is 37.3 Å². The van der Waals surface area contributed by atoms with Gasteiger partial charge in [0, 0.05) is 6.54 Å². The van der Waals surface area contributed by atoms with Crippen LogP contribution < -0.4 is 5.73 Å². The molecular weight excluding hydrogens is 282 g/mol. The highest BCUT2D eigenvalue weighted by atomic mass is 15.1. The highest BCUT2D eigenvalue weighted by Crippen LogP contribution is 2.25. The van der Waals surface area contributed by atoms with Crippen LogP contribution in [0.2, 0.25) is 0 Å². The predicted molar refractivity (Wildman–Crippen MR) is 96.6 cm³/mol. The van der Waals surface area contributed by atoms with Crippen LogP contribution in [0.15, 0.2) is 42.5 Å². The van der Waals surface area contributed by atoms with Crippen LogP contribution >= 0.6 is 0 Å². The summed E-state index contributed by atoms with van der Waals surface area (Å²) in [5, 5.41) is 0. The first-order valence-corrected chi connectivity index (χ1v) is 8.37. The normalized spacial score (nSPS) is 12.7. The van der Waals surface area contributed by atoms with E-state index in [2.05, 4.69) is 67.8 Å². The Morgan fingerprint density at radius 2 is 1.78 bits per heavy atom. The van der Waals surface area contributed by atoms with Crippen LogP contribution in [0.4, 0.5) is 0 Å². The van der Waals surface area contributed by atoms with Crippen molar-refractivity contribution in [3.05, 3.63) is 65.0 Å². The Hall–Kier alpha value is -2.13. The molecule has 0 radical (unpaired) electrons.